The quantitative estimate of drug-likeness (QED) is 0.515. The number of hydrogen-bond acceptors (Lipinski definition) is 3. The third kappa shape index (κ3) is 4.07. The number of sulfonamides is 1. The van der Waals surface area contributed by atoms with Crippen molar-refractivity contribution in [2.24, 2.45) is 5.14 Å². The zero-order valence-electron chi connectivity index (χ0n) is 15.0. The summed E-state index contributed by atoms with van der Waals surface area (Å²) in [5, 5.41) is 5.77. The highest BCUT2D eigenvalue weighted by atomic mass is 35.5. The van der Waals surface area contributed by atoms with Gasteiger partial charge >= 0.3 is 0 Å². The molecule has 0 aliphatic rings. The van der Waals surface area contributed by atoms with Crippen molar-refractivity contribution < 1.29 is 12.8 Å². The summed E-state index contributed by atoms with van der Waals surface area (Å²) in [4.78, 5) is 4.68. The summed E-state index contributed by atoms with van der Waals surface area (Å²) in [5.74, 6) is 0.204. The predicted molar refractivity (Wildman–Crippen MR) is 111 cm³/mol. The van der Waals surface area contributed by atoms with Crippen molar-refractivity contribution in [1.29, 1.82) is 0 Å². The average Bonchev–Trinajstić information content (AvgIpc) is 3.13. The Morgan fingerprint density at radius 1 is 0.931 bits per heavy atom. The molecule has 0 saturated carbocycles. The lowest BCUT2D eigenvalue weighted by Crippen LogP contribution is -2.11. The molecule has 3 aromatic carbocycles. The van der Waals surface area contributed by atoms with Crippen LogP contribution in [-0.2, 0) is 10.0 Å². The van der Waals surface area contributed by atoms with E-state index in [1.54, 1.807) is 42.6 Å². The first kappa shape index (κ1) is 19.3. The number of rotatable bonds is 4. The lowest BCUT2D eigenvalue weighted by molar-refractivity contribution is 0.598. The van der Waals surface area contributed by atoms with Gasteiger partial charge in [0.1, 0.15) is 11.6 Å². The minimum absolute atomic E-state index is 0.0104. The van der Waals surface area contributed by atoms with Crippen LogP contribution in [0.2, 0.25) is 5.02 Å². The Morgan fingerprint density at radius 2 is 1.62 bits per heavy atom. The van der Waals surface area contributed by atoms with Crippen LogP contribution >= 0.6 is 11.6 Å². The van der Waals surface area contributed by atoms with E-state index in [-0.39, 0.29) is 10.7 Å². The van der Waals surface area contributed by atoms with Gasteiger partial charge in [-0.3, -0.25) is 4.57 Å². The second kappa shape index (κ2) is 7.44. The lowest BCUT2D eigenvalue weighted by Gasteiger charge is -2.08. The molecule has 4 aromatic rings. The molecule has 0 unspecified atom stereocenters. The maximum Gasteiger partial charge on any atom is 0.238 e. The molecule has 0 spiro atoms. The minimum Gasteiger partial charge on any atom is -0.299 e. The third-order valence-electron chi connectivity index (χ3n) is 4.37. The number of nitrogens with two attached hydrogens (primary N) is 1. The van der Waals surface area contributed by atoms with Crippen molar-refractivity contribution in [3.05, 3.63) is 89.8 Å². The van der Waals surface area contributed by atoms with Crippen molar-refractivity contribution in [1.82, 2.24) is 9.55 Å². The number of nitrogens with zero attached hydrogens (tertiary/aromatic N) is 2. The summed E-state index contributed by atoms with van der Waals surface area (Å²) < 4.78 is 38.6. The summed E-state index contributed by atoms with van der Waals surface area (Å²) >= 11 is 6.00. The van der Waals surface area contributed by atoms with Crippen LogP contribution in [0.25, 0.3) is 28.3 Å². The third-order valence-corrected chi connectivity index (χ3v) is 5.55. The molecule has 8 heteroatoms. The van der Waals surface area contributed by atoms with E-state index in [1.165, 1.54) is 24.3 Å². The molecule has 5 nitrogen and oxygen atoms in total. The van der Waals surface area contributed by atoms with Crippen molar-refractivity contribution in [3.8, 4) is 28.3 Å². The Kier molecular flexibility index (Phi) is 4.96. The van der Waals surface area contributed by atoms with Crippen LogP contribution in [0.15, 0.2) is 83.9 Å². The molecule has 1 heterocycles. The highest BCUT2D eigenvalue weighted by molar-refractivity contribution is 7.89. The van der Waals surface area contributed by atoms with Crippen LogP contribution in [0, 0.1) is 5.82 Å². The van der Waals surface area contributed by atoms with E-state index < -0.39 is 10.0 Å². The molecule has 0 bridgehead atoms. The Hall–Kier alpha value is -3.00. The zero-order valence-corrected chi connectivity index (χ0v) is 16.5. The highest BCUT2D eigenvalue weighted by Crippen LogP contribution is 2.29. The molecule has 146 valence electrons. The summed E-state index contributed by atoms with van der Waals surface area (Å²) in [6.07, 6.45) is 1.79. The Balaban J connectivity index is 1.88. The molecule has 0 fully saturated rings. The van der Waals surface area contributed by atoms with Gasteiger partial charge in [-0.1, -0.05) is 23.7 Å². The Labute approximate surface area is 172 Å². The number of primary sulfonamides is 1. The fourth-order valence-corrected chi connectivity index (χ4v) is 3.60. The fourth-order valence-electron chi connectivity index (χ4n) is 2.96. The minimum atomic E-state index is -3.79. The van der Waals surface area contributed by atoms with Crippen LogP contribution in [0.1, 0.15) is 0 Å². The van der Waals surface area contributed by atoms with Gasteiger partial charge in [0, 0.05) is 28.0 Å². The van der Waals surface area contributed by atoms with Crippen LogP contribution in [-0.4, -0.2) is 18.0 Å². The number of aromatic nitrogens is 2. The molecule has 0 atom stereocenters. The van der Waals surface area contributed by atoms with Crippen molar-refractivity contribution in [2.75, 3.05) is 0 Å². The molecule has 29 heavy (non-hydrogen) atoms. The van der Waals surface area contributed by atoms with Gasteiger partial charge in [-0.2, -0.15) is 0 Å². The maximum atomic E-state index is 13.7. The van der Waals surface area contributed by atoms with Crippen LogP contribution in [0.4, 0.5) is 4.39 Å². The monoisotopic (exact) mass is 427 g/mol. The molecule has 1 aromatic heterocycles. The van der Waals surface area contributed by atoms with Gasteiger partial charge in [0.25, 0.3) is 0 Å². The van der Waals surface area contributed by atoms with E-state index in [9.17, 15) is 12.8 Å². The standard InChI is InChI=1S/C21H15ClFN3O2S/c22-16-6-8-18(9-7-16)26-13-20(15-2-1-3-17(23)12-15)25-21(26)14-4-10-19(11-5-14)29(24,27)28/h1-13H,(H2,24,27,28). The van der Waals surface area contributed by atoms with Crippen LogP contribution < -0.4 is 5.14 Å². The van der Waals surface area contributed by atoms with Gasteiger partial charge in [0.2, 0.25) is 10.0 Å². The molecule has 0 radical (unpaired) electrons. The van der Waals surface area contributed by atoms with E-state index in [1.807, 2.05) is 16.7 Å². The zero-order chi connectivity index (χ0) is 20.6. The summed E-state index contributed by atoms with van der Waals surface area (Å²) in [6, 6.07) is 19.4. The smallest absolute Gasteiger partial charge is 0.238 e. The predicted octanol–water partition coefficient (Wildman–Crippen LogP) is 4.65. The molecule has 0 amide bonds. The first-order valence-electron chi connectivity index (χ1n) is 8.56. The van der Waals surface area contributed by atoms with E-state index in [4.69, 9.17) is 16.7 Å². The first-order valence-corrected chi connectivity index (χ1v) is 10.5. The SMILES string of the molecule is NS(=O)(=O)c1ccc(-c2nc(-c3cccc(F)c3)cn2-c2ccc(Cl)cc2)cc1. The highest BCUT2D eigenvalue weighted by Gasteiger charge is 2.15. The maximum absolute atomic E-state index is 13.7. The number of imidazole rings is 1. The molecule has 0 saturated heterocycles. The van der Waals surface area contributed by atoms with E-state index >= 15 is 0 Å². The van der Waals surface area contributed by atoms with Gasteiger partial charge in [-0.05, 0) is 60.7 Å². The topological polar surface area (TPSA) is 78.0 Å². The summed E-state index contributed by atoms with van der Waals surface area (Å²) in [7, 11) is -3.79. The van der Waals surface area contributed by atoms with Gasteiger partial charge in [-0.15, -0.1) is 0 Å². The normalized spacial score (nSPS) is 11.6. The van der Waals surface area contributed by atoms with Gasteiger partial charge < -0.3 is 0 Å². The van der Waals surface area contributed by atoms with Gasteiger partial charge in [0.05, 0.1) is 10.6 Å². The van der Waals surface area contributed by atoms with E-state index in [0.29, 0.717) is 27.7 Å². The second-order valence-electron chi connectivity index (χ2n) is 6.38. The van der Waals surface area contributed by atoms with Crippen molar-refractivity contribution in [3.63, 3.8) is 0 Å². The Morgan fingerprint density at radius 3 is 2.24 bits per heavy atom. The van der Waals surface area contributed by atoms with Gasteiger partial charge in [0.15, 0.2) is 0 Å². The first-order chi connectivity index (χ1) is 13.8. The molecule has 2 N–H and O–H groups in total. The van der Waals surface area contributed by atoms with Crippen molar-refractivity contribution in [2.45, 2.75) is 4.90 Å². The number of hydrogen-bond donors (Lipinski definition) is 1. The van der Waals surface area contributed by atoms with Gasteiger partial charge in [-0.25, -0.2) is 22.9 Å². The fraction of sp³-hybridized carbons (Fsp3) is 0. The number of benzene rings is 3. The largest absolute Gasteiger partial charge is 0.299 e. The molecular formula is C21H15ClFN3O2S. The average molecular weight is 428 g/mol. The summed E-state index contributed by atoms with van der Waals surface area (Å²) in [6.45, 7) is 0. The van der Waals surface area contributed by atoms with E-state index in [2.05, 4.69) is 4.98 Å². The molecule has 0 aliphatic carbocycles. The molecule has 4 rings (SSSR count). The molecule has 0 aliphatic heterocycles. The van der Waals surface area contributed by atoms with Crippen LogP contribution in [0.5, 0.6) is 0 Å². The molecular weight excluding hydrogens is 413 g/mol. The van der Waals surface area contributed by atoms with E-state index in [0.717, 1.165) is 5.69 Å². The number of halogens is 2. The summed E-state index contributed by atoms with van der Waals surface area (Å²) in [5.41, 5.74) is 2.68. The second-order valence-corrected chi connectivity index (χ2v) is 8.37. The van der Waals surface area contributed by atoms with Crippen LogP contribution in [0.3, 0.4) is 0 Å². The lowest BCUT2D eigenvalue weighted by atomic mass is 10.2. The van der Waals surface area contributed by atoms with Crippen molar-refractivity contribution >= 4 is 21.6 Å². The Bertz CT molecular complexity index is 1280.